The minimum atomic E-state index is -4.88. The Balaban J connectivity index is 1.47. The van der Waals surface area contributed by atoms with Crippen LogP contribution >= 0.6 is 0 Å². The van der Waals surface area contributed by atoms with Gasteiger partial charge >= 0.3 is 12.4 Å². The summed E-state index contributed by atoms with van der Waals surface area (Å²) in [7, 11) is 0. The van der Waals surface area contributed by atoms with E-state index in [1.54, 1.807) is 18.1 Å². The van der Waals surface area contributed by atoms with Crippen LogP contribution in [0.2, 0.25) is 0 Å². The van der Waals surface area contributed by atoms with E-state index in [0.717, 1.165) is 24.4 Å². The molecule has 1 aromatic carbocycles. The van der Waals surface area contributed by atoms with Crippen molar-refractivity contribution in [3.8, 4) is 11.3 Å². The summed E-state index contributed by atoms with van der Waals surface area (Å²) in [5.74, 6) is -0.839. The third-order valence-corrected chi connectivity index (χ3v) is 6.01. The number of pyridine rings is 2. The highest BCUT2D eigenvalue weighted by molar-refractivity contribution is 5.86. The van der Waals surface area contributed by atoms with Crippen molar-refractivity contribution >= 4 is 16.5 Å². The molecule has 0 aliphatic carbocycles. The van der Waals surface area contributed by atoms with Crippen LogP contribution in [-0.2, 0) is 18.9 Å². The highest BCUT2D eigenvalue weighted by atomic mass is 19.4. The lowest BCUT2D eigenvalue weighted by Gasteiger charge is -2.18. The fourth-order valence-electron chi connectivity index (χ4n) is 4.09. The summed E-state index contributed by atoms with van der Waals surface area (Å²) in [5.41, 5.74) is -4.81. The molecule has 0 radical (unpaired) electrons. The summed E-state index contributed by atoms with van der Waals surface area (Å²) >= 11 is 0. The highest BCUT2D eigenvalue weighted by Crippen LogP contribution is 2.32. The fourth-order valence-corrected chi connectivity index (χ4v) is 4.09. The van der Waals surface area contributed by atoms with Crippen LogP contribution in [0, 0.1) is 5.82 Å². The fraction of sp³-hybridized carbons (Fsp3) is 0.280. The second-order valence-corrected chi connectivity index (χ2v) is 8.84. The zero-order valence-corrected chi connectivity index (χ0v) is 20.1. The molecule has 0 amide bonds. The summed E-state index contributed by atoms with van der Waals surface area (Å²) < 4.78 is 94.2. The third-order valence-electron chi connectivity index (χ3n) is 6.01. The number of alkyl halides is 6. The van der Waals surface area contributed by atoms with Crippen molar-refractivity contribution in [3.05, 3.63) is 86.6 Å². The topological polar surface area (TPSA) is 92.7 Å². The number of H-pyrrole nitrogens is 1. The molecule has 3 heterocycles. The van der Waals surface area contributed by atoms with Crippen LogP contribution in [0.4, 0.5) is 36.4 Å². The molecule has 0 saturated heterocycles. The van der Waals surface area contributed by atoms with E-state index >= 15 is 0 Å². The third kappa shape index (κ3) is 6.10. The van der Waals surface area contributed by atoms with Gasteiger partial charge in [-0.1, -0.05) is 0 Å². The molecule has 1 atom stereocenters. The van der Waals surface area contributed by atoms with Gasteiger partial charge in [0.1, 0.15) is 11.4 Å². The van der Waals surface area contributed by atoms with Gasteiger partial charge in [-0.25, -0.2) is 9.49 Å². The molecular formula is C25H20F7N5O2. The van der Waals surface area contributed by atoms with E-state index in [4.69, 9.17) is 0 Å². The van der Waals surface area contributed by atoms with E-state index in [1.165, 1.54) is 16.8 Å². The van der Waals surface area contributed by atoms with Gasteiger partial charge in [-0.2, -0.15) is 31.4 Å². The van der Waals surface area contributed by atoms with Crippen molar-refractivity contribution in [2.75, 3.05) is 5.32 Å². The summed E-state index contributed by atoms with van der Waals surface area (Å²) in [6.07, 6.45) is -5.85. The molecule has 4 aromatic rings. The maximum absolute atomic E-state index is 14.8. The van der Waals surface area contributed by atoms with Gasteiger partial charge in [0.15, 0.2) is 0 Å². The van der Waals surface area contributed by atoms with Gasteiger partial charge in [-0.15, -0.1) is 0 Å². The molecule has 0 spiro atoms. The first-order valence-corrected chi connectivity index (χ1v) is 11.5. The second-order valence-electron chi connectivity index (χ2n) is 8.84. The minimum Gasteiger partial charge on any atom is -0.381 e. The van der Waals surface area contributed by atoms with Crippen LogP contribution < -0.4 is 16.4 Å². The Morgan fingerprint density at radius 1 is 1.03 bits per heavy atom. The van der Waals surface area contributed by atoms with E-state index in [-0.39, 0.29) is 23.2 Å². The molecule has 39 heavy (non-hydrogen) atoms. The quantitative estimate of drug-likeness (QED) is 0.290. The Morgan fingerprint density at radius 2 is 1.77 bits per heavy atom. The zero-order valence-electron chi connectivity index (χ0n) is 20.1. The monoisotopic (exact) mass is 555 g/mol. The van der Waals surface area contributed by atoms with E-state index < -0.39 is 52.1 Å². The zero-order chi connectivity index (χ0) is 28.5. The number of hydrogen-bond donors (Lipinski definition) is 2. The first-order chi connectivity index (χ1) is 18.3. The molecule has 0 fully saturated rings. The molecule has 0 saturated carbocycles. The van der Waals surface area contributed by atoms with Crippen molar-refractivity contribution < 1.29 is 30.7 Å². The molecule has 4 rings (SSSR count). The van der Waals surface area contributed by atoms with E-state index in [0.29, 0.717) is 24.4 Å². The molecule has 1 unspecified atom stereocenters. The smallest absolute Gasteiger partial charge is 0.381 e. The van der Waals surface area contributed by atoms with Crippen molar-refractivity contribution in [2.45, 2.75) is 44.7 Å². The van der Waals surface area contributed by atoms with Crippen LogP contribution in [0.5, 0.6) is 0 Å². The molecule has 14 heteroatoms. The van der Waals surface area contributed by atoms with Crippen molar-refractivity contribution in [2.24, 2.45) is 0 Å². The van der Waals surface area contributed by atoms with E-state index in [9.17, 15) is 40.3 Å². The first kappa shape index (κ1) is 27.8. The SMILES string of the molecule is CC(CCCn1ccc2cc(-c3ccc(C(F)(F)F)cn3)c(F)cc2c1=O)Nc1cn[nH]c(=O)c1C(F)(F)F. The van der Waals surface area contributed by atoms with Gasteiger partial charge in [0.25, 0.3) is 11.1 Å². The van der Waals surface area contributed by atoms with Crippen molar-refractivity contribution in [3.63, 3.8) is 0 Å². The second kappa shape index (κ2) is 10.5. The Morgan fingerprint density at radius 3 is 2.41 bits per heavy atom. The number of nitrogens with zero attached hydrogens (tertiary/aromatic N) is 3. The Kier molecular flexibility index (Phi) is 7.48. The normalized spacial score (nSPS) is 13.0. The van der Waals surface area contributed by atoms with Crippen LogP contribution in [-0.4, -0.2) is 25.8 Å². The minimum absolute atomic E-state index is 0.0302. The summed E-state index contributed by atoms with van der Waals surface area (Å²) in [6, 6.07) is 5.18. The number of benzene rings is 1. The van der Waals surface area contributed by atoms with Crippen molar-refractivity contribution in [1.82, 2.24) is 19.7 Å². The van der Waals surface area contributed by atoms with Crippen LogP contribution in [0.3, 0.4) is 0 Å². The van der Waals surface area contributed by atoms with Gasteiger partial charge < -0.3 is 9.88 Å². The summed E-state index contributed by atoms with van der Waals surface area (Å²) in [4.78, 5) is 28.2. The molecule has 0 aliphatic heterocycles. The molecule has 206 valence electrons. The van der Waals surface area contributed by atoms with Gasteiger partial charge in [0, 0.05) is 30.5 Å². The number of aromatic amines is 1. The Labute approximate surface area is 215 Å². The number of aryl methyl sites for hydroxylation is 1. The number of hydrogen-bond acceptors (Lipinski definition) is 5. The molecular weight excluding hydrogens is 535 g/mol. The molecule has 7 nitrogen and oxygen atoms in total. The Hall–Kier alpha value is -4.23. The average molecular weight is 555 g/mol. The number of halogens is 7. The predicted octanol–water partition coefficient (Wildman–Crippen LogP) is 5.60. The van der Waals surface area contributed by atoms with Gasteiger partial charge in [0.2, 0.25) is 0 Å². The van der Waals surface area contributed by atoms with E-state index in [2.05, 4.69) is 15.4 Å². The average Bonchev–Trinajstić information content (AvgIpc) is 2.84. The summed E-state index contributed by atoms with van der Waals surface area (Å²) in [5, 5.41) is 8.17. The number of anilines is 1. The highest BCUT2D eigenvalue weighted by Gasteiger charge is 2.37. The molecule has 3 aromatic heterocycles. The largest absolute Gasteiger partial charge is 0.423 e. The lowest BCUT2D eigenvalue weighted by molar-refractivity contribution is -0.138. The maximum atomic E-state index is 14.8. The number of rotatable bonds is 7. The maximum Gasteiger partial charge on any atom is 0.423 e. The summed E-state index contributed by atoms with van der Waals surface area (Å²) in [6.45, 7) is 1.78. The van der Waals surface area contributed by atoms with Crippen LogP contribution in [0.1, 0.15) is 30.9 Å². The lowest BCUT2D eigenvalue weighted by Crippen LogP contribution is -2.27. The molecule has 0 aliphatic rings. The van der Waals surface area contributed by atoms with Crippen LogP contribution in [0.15, 0.2) is 58.5 Å². The lowest BCUT2D eigenvalue weighted by atomic mass is 10.0. The van der Waals surface area contributed by atoms with Gasteiger partial charge in [-0.05, 0) is 55.5 Å². The van der Waals surface area contributed by atoms with Crippen molar-refractivity contribution in [1.29, 1.82) is 0 Å². The standard InChI is InChI=1S/C25H20F7N5O2/c1-13(35-20-12-34-36-22(38)21(20)25(30,31)32)3-2-7-37-8-6-14-9-17(18(26)10-16(14)23(37)39)19-5-4-15(11-33-19)24(27,28)29/h4-6,8-13H,2-3,7H2,1H3,(H2,35,36,38). The first-order valence-electron chi connectivity index (χ1n) is 11.5. The van der Waals surface area contributed by atoms with E-state index in [1.807, 2.05) is 0 Å². The number of aromatic nitrogens is 4. The number of nitrogens with one attached hydrogen (secondary N) is 2. The molecule has 0 bridgehead atoms. The Bertz CT molecular complexity index is 1610. The van der Waals surface area contributed by atoms with Crippen LogP contribution in [0.25, 0.3) is 22.0 Å². The molecule has 2 N–H and O–H groups in total. The predicted molar refractivity (Wildman–Crippen MR) is 129 cm³/mol. The van der Waals surface area contributed by atoms with Gasteiger partial charge in [-0.3, -0.25) is 14.6 Å². The van der Waals surface area contributed by atoms with Gasteiger partial charge in [0.05, 0.1) is 28.5 Å². The number of fused-ring (bicyclic) bond motifs is 1.